The molecule has 196 valence electrons. The zero-order valence-corrected chi connectivity index (χ0v) is 27.9. The summed E-state index contributed by atoms with van der Waals surface area (Å²) in [4.78, 5) is 0. The van der Waals surface area contributed by atoms with Crippen LogP contribution in [0.4, 0.5) is 0 Å². The number of fused-ring (bicyclic) bond motifs is 4. The third kappa shape index (κ3) is 4.36. The Morgan fingerprint density at radius 2 is 1.35 bits per heavy atom. The summed E-state index contributed by atoms with van der Waals surface area (Å²) in [7, 11) is 15.1. The number of benzene rings is 5. The van der Waals surface area contributed by atoms with Gasteiger partial charge in [-0.25, -0.2) is 0 Å². The van der Waals surface area contributed by atoms with Crippen LogP contribution in [0, 0.1) is 0 Å². The van der Waals surface area contributed by atoms with Gasteiger partial charge < -0.3 is 0 Å². The normalized spacial score (nSPS) is 16.0. The fraction of sp³-hybridized carbons (Fsp3) is 0.111. The summed E-state index contributed by atoms with van der Waals surface area (Å²) < 4.78 is 1.40. The van der Waals surface area contributed by atoms with E-state index in [4.69, 9.17) is 17.0 Å². The van der Waals surface area contributed by atoms with E-state index in [0.717, 1.165) is 12.8 Å². The third-order valence-electron chi connectivity index (χ3n) is 8.55. The van der Waals surface area contributed by atoms with Crippen LogP contribution in [0.1, 0.15) is 34.5 Å². The monoisotopic (exact) mass is 650 g/mol. The van der Waals surface area contributed by atoms with Gasteiger partial charge in [0.1, 0.15) is 0 Å². The summed E-state index contributed by atoms with van der Waals surface area (Å²) >= 11 is -3.99. The van der Waals surface area contributed by atoms with Gasteiger partial charge in [0.15, 0.2) is 0 Å². The maximum atomic E-state index is 7.86. The average Bonchev–Trinajstić information content (AvgIpc) is 3.56. The zero-order valence-electron chi connectivity index (χ0n) is 22.5. The van der Waals surface area contributed by atoms with Gasteiger partial charge in [-0.2, -0.15) is 0 Å². The standard InChI is InChI=1S/C24H21.C12H9Si.2ClH.Zr/c1-2-9-18-16-21-14-15-22(19-10-5-3-6-11-19)24(23(21)17-18)20-12-7-4-8-13-20;1-3-7-11-9(5-1)10-6-2-4-8-12(10)13-11;;;/h3-8,10-17H,2,9H2,1H3;1-7H,13H2;2*1H;/q;;;;+2/p-2. The van der Waals surface area contributed by atoms with Crippen molar-refractivity contribution in [1.82, 2.24) is 0 Å². The van der Waals surface area contributed by atoms with Crippen LogP contribution in [-0.4, -0.2) is 9.52 Å². The molecule has 0 bridgehead atoms. The first-order valence-electron chi connectivity index (χ1n) is 14.1. The summed E-state index contributed by atoms with van der Waals surface area (Å²) in [5, 5.41) is 2.99. The van der Waals surface area contributed by atoms with Crippen molar-refractivity contribution in [2.45, 2.75) is 23.4 Å². The van der Waals surface area contributed by atoms with E-state index in [1.807, 2.05) is 0 Å². The average molecular weight is 653 g/mol. The summed E-state index contributed by atoms with van der Waals surface area (Å²) in [6.07, 6.45) is 4.54. The second kappa shape index (κ2) is 10.7. The van der Waals surface area contributed by atoms with E-state index >= 15 is 0 Å². The molecule has 0 amide bonds. The van der Waals surface area contributed by atoms with Gasteiger partial charge in [-0.05, 0) is 0 Å². The molecule has 0 N–H and O–H groups in total. The van der Waals surface area contributed by atoms with Gasteiger partial charge in [0.05, 0.1) is 0 Å². The topological polar surface area (TPSA) is 0 Å². The van der Waals surface area contributed by atoms with E-state index in [1.165, 1.54) is 63.7 Å². The Kier molecular flexibility index (Phi) is 7.09. The fourth-order valence-electron chi connectivity index (χ4n) is 6.84. The number of allylic oxidation sites excluding steroid dienone is 1. The van der Waals surface area contributed by atoms with Crippen molar-refractivity contribution < 1.29 is 17.9 Å². The number of rotatable bonds is 6. The van der Waals surface area contributed by atoms with E-state index in [9.17, 15) is 0 Å². The van der Waals surface area contributed by atoms with Gasteiger partial charge >= 0.3 is 253 Å². The quantitative estimate of drug-likeness (QED) is 0.159. The van der Waals surface area contributed by atoms with E-state index in [1.54, 1.807) is 0 Å². The Hall–Kier alpha value is -2.48. The molecule has 1 atom stereocenters. The second-order valence-electron chi connectivity index (χ2n) is 10.9. The van der Waals surface area contributed by atoms with Crippen molar-refractivity contribution in [3.8, 4) is 33.4 Å². The fourth-order valence-corrected chi connectivity index (χ4v) is 23.7. The molecule has 1 aliphatic heterocycles. The van der Waals surface area contributed by atoms with E-state index in [2.05, 4.69) is 128 Å². The Morgan fingerprint density at radius 1 is 0.675 bits per heavy atom. The van der Waals surface area contributed by atoms with Crippen molar-refractivity contribution in [1.29, 1.82) is 0 Å². The Balaban J connectivity index is 1.43. The Morgan fingerprint density at radius 3 is 2.10 bits per heavy atom. The summed E-state index contributed by atoms with van der Waals surface area (Å²) in [5.74, 6) is 0. The molecule has 1 unspecified atom stereocenters. The van der Waals surface area contributed by atoms with Crippen molar-refractivity contribution >= 4 is 46.3 Å². The van der Waals surface area contributed by atoms with E-state index in [-0.39, 0.29) is 3.63 Å². The molecule has 7 rings (SSSR count). The number of halogens is 2. The molecule has 4 heteroatoms. The molecule has 1 heterocycles. The predicted octanol–water partition coefficient (Wildman–Crippen LogP) is 8.15. The van der Waals surface area contributed by atoms with Crippen LogP contribution in [0.3, 0.4) is 0 Å². The second-order valence-corrected chi connectivity index (χ2v) is 26.7. The first-order chi connectivity index (χ1) is 19.6. The minimum absolute atomic E-state index is 0.101. The van der Waals surface area contributed by atoms with E-state index in [0.29, 0.717) is 0 Å². The molecule has 0 aromatic heterocycles. The van der Waals surface area contributed by atoms with Crippen molar-refractivity contribution in [3.05, 3.63) is 132 Å². The van der Waals surface area contributed by atoms with Crippen LogP contribution < -0.4 is 13.6 Å². The van der Waals surface area contributed by atoms with Gasteiger partial charge in [0.25, 0.3) is 0 Å². The van der Waals surface area contributed by atoms with Gasteiger partial charge in [0, 0.05) is 0 Å². The molecule has 0 saturated carbocycles. The molecule has 0 fully saturated rings. The van der Waals surface area contributed by atoms with Crippen LogP contribution in [0.25, 0.3) is 39.5 Å². The SMILES string of the molecule is CCCC1=Cc2c(ccc(-c3ccccc3)c2-c2ccccc2)[CH]1[Zr]([Cl])([Cl])[c]1cccc2c1[SiH2]c1ccccc1-2. The summed E-state index contributed by atoms with van der Waals surface area (Å²) in [6.45, 7) is 2.26. The first-order valence-corrected chi connectivity index (χ1v) is 24.5. The molecule has 0 saturated heterocycles. The van der Waals surface area contributed by atoms with Gasteiger partial charge in [-0.3, -0.25) is 0 Å². The van der Waals surface area contributed by atoms with Crippen LogP contribution in [-0.2, 0) is 17.9 Å². The molecule has 40 heavy (non-hydrogen) atoms. The van der Waals surface area contributed by atoms with Gasteiger partial charge in [-0.1, -0.05) is 0 Å². The van der Waals surface area contributed by atoms with E-state index < -0.39 is 27.4 Å². The van der Waals surface area contributed by atoms with Crippen molar-refractivity contribution in [3.63, 3.8) is 0 Å². The van der Waals surface area contributed by atoms with Crippen LogP contribution in [0.5, 0.6) is 0 Å². The molecular formula is C36H30Cl2SiZr. The first kappa shape index (κ1) is 26.4. The molecule has 1 aliphatic carbocycles. The van der Waals surface area contributed by atoms with Crippen LogP contribution >= 0.6 is 17.0 Å². The van der Waals surface area contributed by atoms with Crippen LogP contribution in [0.2, 0.25) is 0 Å². The molecule has 0 spiro atoms. The Bertz CT molecular complexity index is 1760. The van der Waals surface area contributed by atoms with Gasteiger partial charge in [-0.15, -0.1) is 0 Å². The minimum atomic E-state index is -3.99. The third-order valence-corrected chi connectivity index (χ3v) is 22.9. The molecule has 0 nitrogen and oxygen atoms in total. The zero-order chi connectivity index (χ0) is 27.3. The van der Waals surface area contributed by atoms with Crippen molar-refractivity contribution in [2.75, 3.05) is 0 Å². The van der Waals surface area contributed by atoms with Crippen molar-refractivity contribution in [2.24, 2.45) is 0 Å². The Labute approximate surface area is 251 Å². The van der Waals surface area contributed by atoms with Crippen LogP contribution in [0.15, 0.2) is 121 Å². The predicted molar refractivity (Wildman–Crippen MR) is 174 cm³/mol. The number of hydrogen-bond donors (Lipinski definition) is 0. The summed E-state index contributed by atoms with van der Waals surface area (Å²) in [5.41, 5.74) is 11.8. The maximum absolute atomic E-state index is 7.86. The molecule has 0 radical (unpaired) electrons. The molecule has 2 aliphatic rings. The summed E-state index contributed by atoms with van der Waals surface area (Å²) in [6, 6.07) is 41.8. The molecular weight excluding hydrogens is 623 g/mol. The molecule has 5 aromatic rings. The molecule has 5 aromatic carbocycles. The van der Waals surface area contributed by atoms with Gasteiger partial charge in [0.2, 0.25) is 0 Å². The number of hydrogen-bond acceptors (Lipinski definition) is 0.